The lowest BCUT2D eigenvalue weighted by Crippen LogP contribution is -2.41. The van der Waals surface area contributed by atoms with E-state index in [0.29, 0.717) is 13.2 Å². The molecule has 0 saturated carbocycles. The third-order valence-electron chi connectivity index (χ3n) is 3.48. The number of ether oxygens (including phenoxy) is 3. The molecule has 0 N–H and O–H groups in total. The molecule has 0 rings (SSSR count). The van der Waals surface area contributed by atoms with E-state index in [9.17, 15) is 9.59 Å². The van der Waals surface area contributed by atoms with Gasteiger partial charge in [0.05, 0.1) is 13.2 Å². The lowest BCUT2D eigenvalue weighted by Gasteiger charge is -2.22. The highest BCUT2D eigenvalue weighted by atomic mass is 16.6. The fourth-order valence-corrected chi connectivity index (χ4v) is 1.74. The van der Waals surface area contributed by atoms with Crippen molar-refractivity contribution in [3.8, 4) is 0 Å². The fourth-order valence-electron chi connectivity index (χ4n) is 1.74. The van der Waals surface area contributed by atoms with Crippen LogP contribution in [0.25, 0.3) is 0 Å². The topological polar surface area (TPSA) is 68.3 Å². The first-order chi connectivity index (χ1) is 10.5. The standard InChI is InChI=1S/C15H30N2O5/c1-6-17(7-2)8-9-21-14(18)12-16(4)13(3)15(19)22-11-10-20-5/h13H,6-12H2,1-5H3. The monoisotopic (exact) mass is 318 g/mol. The van der Waals surface area contributed by atoms with Crippen LogP contribution in [0.2, 0.25) is 0 Å². The molecule has 7 nitrogen and oxygen atoms in total. The maximum Gasteiger partial charge on any atom is 0.323 e. The SMILES string of the molecule is CCN(CC)CCOC(=O)CN(C)C(C)C(=O)OCCOC. The average molecular weight is 318 g/mol. The molecule has 0 aromatic heterocycles. The molecule has 0 aliphatic heterocycles. The molecule has 0 bridgehead atoms. The summed E-state index contributed by atoms with van der Waals surface area (Å²) in [4.78, 5) is 27.3. The number of nitrogens with zero attached hydrogens (tertiary/aromatic N) is 2. The second-order valence-corrected chi connectivity index (χ2v) is 5.00. The molecule has 0 spiro atoms. The summed E-state index contributed by atoms with van der Waals surface area (Å²) < 4.78 is 15.0. The Morgan fingerprint density at radius 2 is 1.68 bits per heavy atom. The summed E-state index contributed by atoms with van der Waals surface area (Å²) in [7, 11) is 3.23. The number of hydrogen-bond donors (Lipinski definition) is 0. The molecule has 1 unspecified atom stereocenters. The van der Waals surface area contributed by atoms with Gasteiger partial charge in [-0.2, -0.15) is 0 Å². The van der Waals surface area contributed by atoms with Crippen LogP contribution >= 0.6 is 0 Å². The summed E-state index contributed by atoms with van der Waals surface area (Å²) in [5.41, 5.74) is 0. The molecular formula is C15H30N2O5. The van der Waals surface area contributed by atoms with Crippen molar-refractivity contribution in [1.82, 2.24) is 9.80 Å². The highest BCUT2D eigenvalue weighted by Crippen LogP contribution is 1.99. The predicted octanol–water partition coefficient (Wildman–Crippen LogP) is 0.381. The van der Waals surface area contributed by atoms with Crippen LogP contribution < -0.4 is 0 Å². The smallest absolute Gasteiger partial charge is 0.323 e. The Morgan fingerprint density at radius 3 is 2.23 bits per heavy atom. The Morgan fingerprint density at radius 1 is 1.05 bits per heavy atom. The van der Waals surface area contributed by atoms with Gasteiger partial charge in [-0.25, -0.2) is 0 Å². The van der Waals surface area contributed by atoms with Gasteiger partial charge < -0.3 is 19.1 Å². The summed E-state index contributed by atoms with van der Waals surface area (Å²) in [6.07, 6.45) is 0. The van der Waals surface area contributed by atoms with E-state index >= 15 is 0 Å². The molecule has 0 aromatic carbocycles. The van der Waals surface area contributed by atoms with Crippen LogP contribution in [0.3, 0.4) is 0 Å². The first-order valence-corrected chi connectivity index (χ1v) is 7.69. The van der Waals surface area contributed by atoms with Crippen LogP contribution in [0.4, 0.5) is 0 Å². The van der Waals surface area contributed by atoms with Crippen molar-refractivity contribution in [3.05, 3.63) is 0 Å². The number of carbonyl (C=O) groups is 2. The third kappa shape index (κ3) is 8.96. The number of likely N-dealkylation sites (N-methyl/N-ethyl adjacent to an activating group) is 2. The summed E-state index contributed by atoms with van der Waals surface area (Å²) in [5, 5.41) is 0. The van der Waals surface area contributed by atoms with Crippen molar-refractivity contribution in [2.75, 3.05) is 60.2 Å². The van der Waals surface area contributed by atoms with Gasteiger partial charge >= 0.3 is 11.9 Å². The van der Waals surface area contributed by atoms with Crippen LogP contribution in [-0.2, 0) is 23.8 Å². The lowest BCUT2D eigenvalue weighted by atomic mass is 10.3. The van der Waals surface area contributed by atoms with Gasteiger partial charge in [-0.15, -0.1) is 0 Å². The van der Waals surface area contributed by atoms with Gasteiger partial charge in [0.1, 0.15) is 19.3 Å². The van der Waals surface area contributed by atoms with Crippen molar-refractivity contribution in [2.24, 2.45) is 0 Å². The first kappa shape index (κ1) is 20.8. The lowest BCUT2D eigenvalue weighted by molar-refractivity contribution is -0.152. The number of esters is 2. The van der Waals surface area contributed by atoms with E-state index in [-0.39, 0.29) is 25.1 Å². The Labute approximate surface area is 133 Å². The number of rotatable bonds is 12. The minimum atomic E-state index is -0.507. The van der Waals surface area contributed by atoms with Gasteiger partial charge in [-0.05, 0) is 27.1 Å². The molecule has 7 heteroatoms. The fraction of sp³-hybridized carbons (Fsp3) is 0.867. The van der Waals surface area contributed by atoms with Gasteiger partial charge in [0.2, 0.25) is 0 Å². The zero-order valence-corrected chi connectivity index (χ0v) is 14.5. The van der Waals surface area contributed by atoms with E-state index in [2.05, 4.69) is 18.7 Å². The third-order valence-corrected chi connectivity index (χ3v) is 3.48. The average Bonchev–Trinajstić information content (AvgIpc) is 2.50. The Kier molecular flexibility index (Phi) is 11.7. The maximum absolute atomic E-state index is 11.7. The molecule has 130 valence electrons. The van der Waals surface area contributed by atoms with Crippen LogP contribution in [0.5, 0.6) is 0 Å². The van der Waals surface area contributed by atoms with Crippen molar-refractivity contribution in [1.29, 1.82) is 0 Å². The van der Waals surface area contributed by atoms with Gasteiger partial charge in [0.15, 0.2) is 0 Å². The van der Waals surface area contributed by atoms with E-state index < -0.39 is 6.04 Å². The van der Waals surface area contributed by atoms with Gasteiger partial charge in [-0.3, -0.25) is 14.5 Å². The van der Waals surface area contributed by atoms with E-state index in [1.54, 1.807) is 18.9 Å². The summed E-state index contributed by atoms with van der Waals surface area (Å²) >= 11 is 0. The zero-order valence-electron chi connectivity index (χ0n) is 14.5. The quantitative estimate of drug-likeness (QED) is 0.381. The molecule has 22 heavy (non-hydrogen) atoms. The van der Waals surface area contributed by atoms with Crippen molar-refractivity contribution >= 4 is 11.9 Å². The highest BCUT2D eigenvalue weighted by molar-refractivity contribution is 5.77. The van der Waals surface area contributed by atoms with Crippen molar-refractivity contribution in [3.63, 3.8) is 0 Å². The Hall–Kier alpha value is -1.18. The van der Waals surface area contributed by atoms with Crippen LogP contribution in [0.15, 0.2) is 0 Å². The number of hydrogen-bond acceptors (Lipinski definition) is 7. The molecule has 0 radical (unpaired) electrons. The van der Waals surface area contributed by atoms with E-state index in [0.717, 1.165) is 19.6 Å². The van der Waals surface area contributed by atoms with Crippen molar-refractivity contribution in [2.45, 2.75) is 26.8 Å². The molecule has 0 heterocycles. The molecule has 0 aliphatic rings. The number of methoxy groups -OCH3 is 1. The summed E-state index contributed by atoms with van der Waals surface area (Å²) in [6, 6.07) is -0.507. The molecular weight excluding hydrogens is 288 g/mol. The first-order valence-electron chi connectivity index (χ1n) is 7.69. The Bertz CT molecular complexity index is 321. The number of carbonyl (C=O) groups excluding carboxylic acids is 2. The van der Waals surface area contributed by atoms with Gasteiger partial charge in [-0.1, -0.05) is 13.8 Å². The molecule has 0 fully saturated rings. The molecule has 0 amide bonds. The minimum absolute atomic E-state index is 0.0544. The zero-order chi connectivity index (χ0) is 17.0. The van der Waals surface area contributed by atoms with Crippen LogP contribution in [0.1, 0.15) is 20.8 Å². The minimum Gasteiger partial charge on any atom is -0.463 e. The van der Waals surface area contributed by atoms with Gasteiger partial charge in [0.25, 0.3) is 0 Å². The maximum atomic E-state index is 11.7. The molecule has 0 aromatic rings. The van der Waals surface area contributed by atoms with Crippen LogP contribution in [0, 0.1) is 0 Å². The Balaban J connectivity index is 3.99. The van der Waals surface area contributed by atoms with E-state index in [1.807, 2.05) is 0 Å². The van der Waals surface area contributed by atoms with Crippen molar-refractivity contribution < 1.29 is 23.8 Å². The second kappa shape index (κ2) is 12.4. The highest BCUT2D eigenvalue weighted by Gasteiger charge is 2.21. The largest absolute Gasteiger partial charge is 0.463 e. The van der Waals surface area contributed by atoms with E-state index in [4.69, 9.17) is 14.2 Å². The molecule has 0 aliphatic carbocycles. The predicted molar refractivity (Wildman–Crippen MR) is 83.7 cm³/mol. The second-order valence-electron chi connectivity index (χ2n) is 5.00. The summed E-state index contributed by atoms with van der Waals surface area (Å²) in [5.74, 6) is -0.721. The van der Waals surface area contributed by atoms with Crippen LogP contribution in [-0.4, -0.2) is 87.9 Å². The normalized spacial score (nSPS) is 12.5. The molecule has 0 saturated heterocycles. The van der Waals surface area contributed by atoms with E-state index in [1.165, 1.54) is 7.11 Å². The summed E-state index contributed by atoms with van der Waals surface area (Å²) in [6.45, 7) is 9.38. The van der Waals surface area contributed by atoms with Gasteiger partial charge in [0, 0.05) is 13.7 Å². The molecule has 1 atom stereocenters.